The fourth-order valence-corrected chi connectivity index (χ4v) is 6.05. The Morgan fingerprint density at radius 1 is 0.873 bits per heavy atom. The Kier molecular flexibility index (Phi) is 18.6. The lowest BCUT2D eigenvalue weighted by atomic mass is 9.92. The lowest BCUT2D eigenvalue weighted by Gasteiger charge is -2.34. The number of aliphatic imine (C=N–C) groups is 1. The third-order valence-electron chi connectivity index (χ3n) is 8.73. The first-order chi connectivity index (χ1) is 26.1. The Bertz CT molecular complexity index is 1880. The molecule has 0 aromatic heterocycles. The molecule has 0 bridgehead atoms. The van der Waals surface area contributed by atoms with E-state index in [9.17, 15) is 4.79 Å². The molecule has 0 radical (unpaired) electrons. The van der Waals surface area contributed by atoms with Gasteiger partial charge < -0.3 is 9.47 Å². The molecule has 0 saturated heterocycles. The van der Waals surface area contributed by atoms with Crippen molar-refractivity contribution in [2.75, 3.05) is 7.05 Å². The molecule has 0 N–H and O–H groups in total. The van der Waals surface area contributed by atoms with E-state index in [2.05, 4.69) is 94.5 Å². The van der Waals surface area contributed by atoms with Gasteiger partial charge in [-0.3, -0.25) is 5.01 Å². The van der Waals surface area contributed by atoms with Crippen molar-refractivity contribution in [3.8, 4) is 16.9 Å². The van der Waals surface area contributed by atoms with Gasteiger partial charge in [0, 0.05) is 25.1 Å². The molecule has 0 atom stereocenters. The molecule has 0 heterocycles. The van der Waals surface area contributed by atoms with Gasteiger partial charge in [0.2, 0.25) is 0 Å². The van der Waals surface area contributed by atoms with Crippen molar-refractivity contribution < 1.29 is 14.3 Å². The molecule has 4 aromatic rings. The van der Waals surface area contributed by atoms with Crippen LogP contribution in [0, 0.1) is 13.8 Å². The standard InChI is InChI=1S/C27H31N3.C20H28O3.C2H6/c1-6-9-23-13-15-24(16-14-23)26-17-12-20(2)18-25(26)19-28-30(5)22(4)29-27-11-8-7-10-21(27)3;1-8-15(3)16-10-12-17(13-11-16)22-19(4,5)14-20(6,7)23-18(21)9-2;1-2/h7-8,10-19H,6,9H2,1-5H3;9-13H,2-3,8,14H2,1,4-7H3;1-2H3/b28-19+,29-22?;;. The lowest BCUT2D eigenvalue weighted by Crippen LogP contribution is -2.40. The van der Waals surface area contributed by atoms with Crippen LogP contribution in [0.2, 0.25) is 0 Å². The molecule has 6 nitrogen and oxygen atoms in total. The number of benzene rings is 4. The first-order valence-corrected chi connectivity index (χ1v) is 19.5. The number of nitrogens with zero attached hydrogens (tertiary/aromatic N) is 3. The van der Waals surface area contributed by atoms with Gasteiger partial charge in [-0.05, 0) is 119 Å². The number of carbonyl (C=O) groups is 1. The maximum Gasteiger partial charge on any atom is 0.330 e. The normalized spacial score (nSPS) is 11.5. The number of aryl methyl sites for hydroxylation is 3. The van der Waals surface area contributed by atoms with Gasteiger partial charge in [0.15, 0.2) is 0 Å². The highest BCUT2D eigenvalue weighted by Gasteiger charge is 2.33. The third kappa shape index (κ3) is 15.6. The molecular weight excluding hydrogens is 679 g/mol. The molecule has 6 heteroatoms. The van der Waals surface area contributed by atoms with E-state index in [0.29, 0.717) is 6.42 Å². The van der Waals surface area contributed by atoms with Crippen LogP contribution in [0.1, 0.15) is 109 Å². The number of amidine groups is 1. The zero-order valence-corrected chi connectivity index (χ0v) is 35.6. The Morgan fingerprint density at radius 2 is 1.51 bits per heavy atom. The highest BCUT2D eigenvalue weighted by molar-refractivity contribution is 5.92. The van der Waals surface area contributed by atoms with Gasteiger partial charge in [-0.1, -0.05) is 120 Å². The van der Waals surface area contributed by atoms with Crippen molar-refractivity contribution in [1.29, 1.82) is 0 Å². The summed E-state index contributed by atoms with van der Waals surface area (Å²) >= 11 is 0. The SMILES string of the molecule is C=CC(=O)OC(C)(C)CC(C)(C)Oc1ccc(C(=C)CC)cc1.CC.CCCc1ccc(-c2ccc(C)cc2/C=N/N(C)C(C)=Nc2ccccc2C)cc1. The smallest absolute Gasteiger partial charge is 0.330 e. The Labute approximate surface area is 332 Å². The summed E-state index contributed by atoms with van der Waals surface area (Å²) in [6, 6.07) is 31.4. The highest BCUT2D eigenvalue weighted by atomic mass is 16.6. The largest absolute Gasteiger partial charge is 0.488 e. The molecule has 0 unspecified atom stereocenters. The third-order valence-corrected chi connectivity index (χ3v) is 8.73. The summed E-state index contributed by atoms with van der Waals surface area (Å²) in [5.74, 6) is 1.21. The molecule has 55 heavy (non-hydrogen) atoms. The number of para-hydroxylation sites is 1. The molecule has 4 rings (SSSR count). The molecular formula is C49H65N3O3. The number of hydrogen-bond acceptors (Lipinski definition) is 5. The number of hydrazone groups is 1. The Balaban J connectivity index is 0.000000377. The van der Waals surface area contributed by atoms with E-state index >= 15 is 0 Å². The van der Waals surface area contributed by atoms with E-state index in [1.807, 2.05) is 109 Å². The van der Waals surface area contributed by atoms with E-state index in [0.717, 1.165) is 58.8 Å². The van der Waals surface area contributed by atoms with Crippen LogP contribution in [0.25, 0.3) is 16.7 Å². The second kappa shape index (κ2) is 22.2. The minimum Gasteiger partial charge on any atom is -0.488 e. The Morgan fingerprint density at radius 3 is 2.09 bits per heavy atom. The molecule has 0 saturated carbocycles. The number of carbonyl (C=O) groups excluding carboxylic acids is 1. The summed E-state index contributed by atoms with van der Waals surface area (Å²) in [7, 11) is 1.93. The second-order valence-corrected chi connectivity index (χ2v) is 14.7. The lowest BCUT2D eigenvalue weighted by molar-refractivity contribution is -0.154. The fourth-order valence-electron chi connectivity index (χ4n) is 6.05. The van der Waals surface area contributed by atoms with Crippen molar-refractivity contribution in [3.05, 3.63) is 138 Å². The van der Waals surface area contributed by atoms with Crippen molar-refractivity contribution in [2.45, 2.75) is 113 Å². The quantitative estimate of drug-likeness (QED) is 0.0424. The van der Waals surface area contributed by atoms with Crippen LogP contribution in [0.3, 0.4) is 0 Å². The number of allylic oxidation sites excluding steroid dienone is 1. The molecule has 0 aliphatic rings. The van der Waals surface area contributed by atoms with Crippen LogP contribution >= 0.6 is 0 Å². The van der Waals surface area contributed by atoms with Gasteiger partial charge in [-0.25, -0.2) is 9.79 Å². The molecule has 4 aromatic carbocycles. The topological polar surface area (TPSA) is 63.5 Å². The van der Waals surface area contributed by atoms with Crippen molar-refractivity contribution in [3.63, 3.8) is 0 Å². The van der Waals surface area contributed by atoms with E-state index in [1.54, 1.807) is 0 Å². The van der Waals surface area contributed by atoms with Gasteiger partial charge in [0.05, 0.1) is 11.9 Å². The summed E-state index contributed by atoms with van der Waals surface area (Å²) in [5, 5.41) is 6.49. The predicted molar refractivity (Wildman–Crippen MR) is 237 cm³/mol. The minimum absolute atomic E-state index is 0.423. The van der Waals surface area contributed by atoms with Crippen LogP contribution in [-0.4, -0.2) is 41.3 Å². The maximum atomic E-state index is 11.4. The van der Waals surface area contributed by atoms with E-state index < -0.39 is 17.2 Å². The van der Waals surface area contributed by atoms with Crippen LogP contribution < -0.4 is 4.74 Å². The maximum absolute atomic E-state index is 11.4. The number of esters is 1. The molecule has 0 spiro atoms. The van der Waals surface area contributed by atoms with E-state index in [4.69, 9.17) is 14.5 Å². The van der Waals surface area contributed by atoms with E-state index in [1.165, 1.54) is 28.3 Å². The molecule has 0 aliphatic heterocycles. The number of hydrogen-bond donors (Lipinski definition) is 0. The summed E-state index contributed by atoms with van der Waals surface area (Å²) in [6.45, 7) is 29.6. The Hall–Kier alpha value is -5.23. The van der Waals surface area contributed by atoms with Crippen molar-refractivity contribution in [1.82, 2.24) is 5.01 Å². The summed E-state index contributed by atoms with van der Waals surface area (Å²) in [4.78, 5) is 16.1. The van der Waals surface area contributed by atoms with Crippen LogP contribution in [0.15, 0.2) is 120 Å². The van der Waals surface area contributed by atoms with Crippen LogP contribution in [0.5, 0.6) is 5.75 Å². The zero-order chi connectivity index (χ0) is 41.2. The van der Waals surface area contributed by atoms with Gasteiger partial charge in [0.25, 0.3) is 0 Å². The molecule has 0 fully saturated rings. The van der Waals surface area contributed by atoms with Gasteiger partial charge >= 0.3 is 5.97 Å². The molecule has 0 aliphatic carbocycles. The minimum atomic E-state index is -0.634. The van der Waals surface area contributed by atoms with E-state index in [-0.39, 0.29) is 0 Å². The average molecular weight is 744 g/mol. The van der Waals surface area contributed by atoms with Crippen molar-refractivity contribution in [2.24, 2.45) is 10.1 Å². The first kappa shape index (κ1) is 45.9. The summed E-state index contributed by atoms with van der Waals surface area (Å²) < 4.78 is 11.5. The van der Waals surface area contributed by atoms with Crippen LogP contribution in [0.4, 0.5) is 5.69 Å². The highest BCUT2D eigenvalue weighted by Crippen LogP contribution is 2.30. The van der Waals surface area contributed by atoms with Gasteiger partial charge in [-0.2, -0.15) is 5.10 Å². The molecule has 0 amide bonds. The second-order valence-electron chi connectivity index (χ2n) is 14.7. The summed E-state index contributed by atoms with van der Waals surface area (Å²) in [5.41, 5.74) is 9.35. The van der Waals surface area contributed by atoms with Gasteiger partial charge in [-0.15, -0.1) is 0 Å². The first-order valence-electron chi connectivity index (χ1n) is 19.5. The fraction of sp³-hybridized carbons (Fsp3) is 0.367. The number of rotatable bonds is 14. The zero-order valence-electron chi connectivity index (χ0n) is 35.6. The van der Waals surface area contributed by atoms with Crippen LogP contribution in [-0.2, 0) is 16.0 Å². The van der Waals surface area contributed by atoms with Gasteiger partial charge in [0.1, 0.15) is 22.8 Å². The average Bonchev–Trinajstić information content (AvgIpc) is 3.15. The monoisotopic (exact) mass is 744 g/mol. The number of ether oxygens (including phenoxy) is 2. The van der Waals surface area contributed by atoms with Crippen molar-refractivity contribution >= 4 is 29.3 Å². The predicted octanol–water partition coefficient (Wildman–Crippen LogP) is 13.1. The molecule has 294 valence electrons. The summed E-state index contributed by atoms with van der Waals surface area (Å²) in [6.07, 6.45) is 6.87.